The molecule has 0 aliphatic heterocycles. The summed E-state index contributed by atoms with van der Waals surface area (Å²) in [6, 6.07) is 23.7. The molecule has 0 bridgehead atoms. The predicted octanol–water partition coefficient (Wildman–Crippen LogP) is 4.73. The highest BCUT2D eigenvalue weighted by molar-refractivity contribution is 6.15. The third-order valence-electron chi connectivity index (χ3n) is 4.35. The van der Waals surface area contributed by atoms with Gasteiger partial charge in [-0.05, 0) is 41.5 Å². The van der Waals surface area contributed by atoms with Gasteiger partial charge in [0.2, 0.25) is 0 Å². The molecular weight excluding hydrogens is 324 g/mol. The first-order chi connectivity index (χ1) is 12.7. The van der Waals surface area contributed by atoms with Crippen molar-refractivity contribution in [3.8, 4) is 5.75 Å². The molecule has 3 heteroatoms. The van der Waals surface area contributed by atoms with Gasteiger partial charge in [-0.1, -0.05) is 54.6 Å². The molecule has 126 valence electrons. The molecule has 0 fully saturated rings. The minimum Gasteiger partial charge on any atom is -0.423 e. The highest BCUT2D eigenvalue weighted by Gasteiger charge is 2.23. The summed E-state index contributed by atoms with van der Waals surface area (Å²) in [6.45, 7) is 0. The van der Waals surface area contributed by atoms with Crippen LogP contribution in [0, 0.1) is 0 Å². The van der Waals surface area contributed by atoms with E-state index in [1.165, 1.54) is 0 Å². The molecule has 0 saturated heterocycles. The van der Waals surface area contributed by atoms with Crippen LogP contribution in [-0.4, -0.2) is 11.8 Å². The Morgan fingerprint density at radius 1 is 0.885 bits per heavy atom. The van der Waals surface area contributed by atoms with Crippen LogP contribution in [0.1, 0.15) is 31.8 Å². The van der Waals surface area contributed by atoms with Gasteiger partial charge in [0, 0.05) is 17.6 Å². The van der Waals surface area contributed by atoms with Crippen LogP contribution >= 0.6 is 0 Å². The summed E-state index contributed by atoms with van der Waals surface area (Å²) >= 11 is 0. The van der Waals surface area contributed by atoms with Crippen LogP contribution in [0.3, 0.4) is 0 Å². The highest BCUT2D eigenvalue weighted by Crippen LogP contribution is 2.28. The van der Waals surface area contributed by atoms with Crippen molar-refractivity contribution >= 4 is 17.8 Å². The molecule has 0 amide bonds. The molecule has 3 nitrogen and oxygen atoms in total. The summed E-state index contributed by atoms with van der Waals surface area (Å²) in [5.41, 5.74) is 3.90. The van der Waals surface area contributed by atoms with E-state index in [0.717, 1.165) is 22.3 Å². The summed E-state index contributed by atoms with van der Waals surface area (Å²) < 4.78 is 5.44. The summed E-state index contributed by atoms with van der Waals surface area (Å²) in [5.74, 6) is 0.114. The van der Waals surface area contributed by atoms with Gasteiger partial charge >= 0.3 is 5.97 Å². The Morgan fingerprint density at radius 3 is 2.46 bits per heavy atom. The standard InChI is InChI=1S/C23H16O3/c24-22-19(15-18-10-4-5-12-21(18)22)13-16-7-6-11-20(14-16)26-23(25)17-8-2-1-3-9-17/h1-14H,15H2/b19-13+. The summed E-state index contributed by atoms with van der Waals surface area (Å²) in [7, 11) is 0. The molecule has 0 aromatic heterocycles. The molecule has 0 spiro atoms. The maximum absolute atomic E-state index is 12.5. The Labute approximate surface area is 151 Å². The second-order valence-corrected chi connectivity index (χ2v) is 6.16. The summed E-state index contributed by atoms with van der Waals surface area (Å²) in [5, 5.41) is 0. The molecule has 1 aliphatic carbocycles. The smallest absolute Gasteiger partial charge is 0.343 e. The average molecular weight is 340 g/mol. The fourth-order valence-electron chi connectivity index (χ4n) is 3.08. The molecule has 26 heavy (non-hydrogen) atoms. The van der Waals surface area contributed by atoms with Crippen LogP contribution in [0.25, 0.3) is 6.08 Å². The first-order valence-electron chi connectivity index (χ1n) is 8.41. The first-order valence-corrected chi connectivity index (χ1v) is 8.41. The molecule has 0 heterocycles. The zero-order valence-corrected chi connectivity index (χ0v) is 14.0. The zero-order chi connectivity index (χ0) is 17.9. The van der Waals surface area contributed by atoms with Crippen molar-refractivity contribution in [1.29, 1.82) is 0 Å². The van der Waals surface area contributed by atoms with E-state index in [1.54, 1.807) is 36.4 Å². The molecule has 0 atom stereocenters. The first kappa shape index (κ1) is 16.0. The van der Waals surface area contributed by atoms with Crippen molar-refractivity contribution in [2.24, 2.45) is 0 Å². The Bertz CT molecular complexity index is 1020. The molecule has 4 rings (SSSR count). The van der Waals surface area contributed by atoms with Crippen molar-refractivity contribution in [2.45, 2.75) is 6.42 Å². The summed E-state index contributed by atoms with van der Waals surface area (Å²) in [6.07, 6.45) is 2.49. The van der Waals surface area contributed by atoms with Gasteiger partial charge in [-0.15, -0.1) is 0 Å². The maximum atomic E-state index is 12.5. The van der Waals surface area contributed by atoms with Gasteiger partial charge in [0.25, 0.3) is 0 Å². The van der Waals surface area contributed by atoms with E-state index in [1.807, 2.05) is 48.5 Å². The molecule has 0 unspecified atom stereocenters. The lowest BCUT2D eigenvalue weighted by Crippen LogP contribution is -2.08. The molecular formula is C23H16O3. The number of Topliss-reactive ketones (excluding diaryl/α,β-unsaturated/α-hetero) is 1. The lowest BCUT2D eigenvalue weighted by atomic mass is 10.1. The SMILES string of the molecule is O=C(Oc1cccc(/C=C2\Cc3ccccc3C2=O)c1)c1ccccc1. The second-order valence-electron chi connectivity index (χ2n) is 6.16. The van der Waals surface area contributed by atoms with E-state index >= 15 is 0 Å². The lowest BCUT2D eigenvalue weighted by Gasteiger charge is -2.05. The van der Waals surface area contributed by atoms with Crippen LogP contribution in [0.2, 0.25) is 0 Å². The minimum absolute atomic E-state index is 0.0623. The Balaban J connectivity index is 1.56. The normalized spacial score (nSPS) is 14.3. The molecule has 1 aliphatic rings. The van der Waals surface area contributed by atoms with E-state index in [4.69, 9.17) is 4.74 Å². The number of carbonyl (C=O) groups excluding carboxylic acids is 2. The maximum Gasteiger partial charge on any atom is 0.343 e. The largest absolute Gasteiger partial charge is 0.423 e. The van der Waals surface area contributed by atoms with Gasteiger partial charge in [0.1, 0.15) is 5.75 Å². The Morgan fingerprint density at radius 2 is 1.65 bits per heavy atom. The van der Waals surface area contributed by atoms with Crippen LogP contribution in [0.15, 0.2) is 84.4 Å². The van der Waals surface area contributed by atoms with Crippen molar-refractivity contribution < 1.29 is 14.3 Å². The van der Waals surface area contributed by atoms with Gasteiger partial charge < -0.3 is 4.74 Å². The molecule has 3 aromatic rings. The van der Waals surface area contributed by atoms with E-state index in [2.05, 4.69) is 0 Å². The summed E-state index contributed by atoms with van der Waals surface area (Å²) in [4.78, 5) is 24.7. The number of ether oxygens (including phenoxy) is 1. The number of rotatable bonds is 3. The number of hydrogen-bond donors (Lipinski definition) is 0. The second kappa shape index (κ2) is 6.81. The monoisotopic (exact) mass is 340 g/mol. The lowest BCUT2D eigenvalue weighted by molar-refractivity contribution is 0.0734. The third kappa shape index (κ3) is 3.20. The Kier molecular flexibility index (Phi) is 4.20. The molecule has 0 radical (unpaired) electrons. The molecule has 0 N–H and O–H groups in total. The van der Waals surface area contributed by atoms with E-state index in [9.17, 15) is 9.59 Å². The topological polar surface area (TPSA) is 43.4 Å². The van der Waals surface area contributed by atoms with Gasteiger partial charge in [-0.3, -0.25) is 4.79 Å². The van der Waals surface area contributed by atoms with Crippen LogP contribution in [-0.2, 0) is 6.42 Å². The van der Waals surface area contributed by atoms with Crippen molar-refractivity contribution in [3.05, 3.63) is 107 Å². The number of carbonyl (C=O) groups is 2. The van der Waals surface area contributed by atoms with Gasteiger partial charge in [0.15, 0.2) is 5.78 Å². The van der Waals surface area contributed by atoms with Gasteiger partial charge in [-0.2, -0.15) is 0 Å². The van der Waals surface area contributed by atoms with Gasteiger partial charge in [-0.25, -0.2) is 4.79 Å². The zero-order valence-electron chi connectivity index (χ0n) is 14.0. The number of fused-ring (bicyclic) bond motifs is 1. The quantitative estimate of drug-likeness (QED) is 0.393. The fraction of sp³-hybridized carbons (Fsp3) is 0.0435. The van der Waals surface area contributed by atoms with Gasteiger partial charge in [0.05, 0.1) is 5.56 Å². The fourth-order valence-corrected chi connectivity index (χ4v) is 3.08. The molecule has 3 aromatic carbocycles. The van der Waals surface area contributed by atoms with Crippen molar-refractivity contribution in [1.82, 2.24) is 0 Å². The number of hydrogen-bond acceptors (Lipinski definition) is 3. The van der Waals surface area contributed by atoms with E-state index < -0.39 is 5.97 Å². The number of esters is 1. The number of ketones is 1. The number of benzene rings is 3. The minimum atomic E-state index is -0.403. The predicted molar refractivity (Wildman–Crippen MR) is 100 cm³/mol. The highest BCUT2D eigenvalue weighted by atomic mass is 16.5. The van der Waals surface area contributed by atoms with E-state index in [-0.39, 0.29) is 5.78 Å². The van der Waals surface area contributed by atoms with E-state index in [0.29, 0.717) is 17.7 Å². The third-order valence-corrected chi connectivity index (χ3v) is 4.35. The number of allylic oxidation sites excluding steroid dienone is 1. The van der Waals surface area contributed by atoms with Crippen molar-refractivity contribution in [3.63, 3.8) is 0 Å². The van der Waals surface area contributed by atoms with Crippen molar-refractivity contribution in [2.75, 3.05) is 0 Å². The van der Waals surface area contributed by atoms with Crippen LogP contribution < -0.4 is 4.74 Å². The average Bonchev–Trinajstić information content (AvgIpc) is 2.99. The molecule has 0 saturated carbocycles. The van der Waals surface area contributed by atoms with Crippen LogP contribution in [0.5, 0.6) is 5.75 Å². The van der Waals surface area contributed by atoms with Crippen LogP contribution in [0.4, 0.5) is 0 Å². The Hall–Kier alpha value is -3.46.